The highest BCUT2D eigenvalue weighted by Crippen LogP contribution is 2.33. The van der Waals surface area contributed by atoms with Gasteiger partial charge in [0.1, 0.15) is 11.5 Å². The van der Waals surface area contributed by atoms with Gasteiger partial charge in [0.15, 0.2) is 0 Å². The molecule has 1 aliphatic heterocycles. The first-order valence-corrected chi connectivity index (χ1v) is 9.61. The van der Waals surface area contributed by atoms with Gasteiger partial charge in [-0.05, 0) is 55.5 Å². The number of carbonyl (C=O) groups is 3. The number of nitro benzene ring substituents is 1. The smallest absolute Gasteiger partial charge is 0.338 e. The number of carbonyl (C=O) groups excluding carboxylic acids is 3. The van der Waals surface area contributed by atoms with E-state index in [0.717, 1.165) is 4.90 Å². The molecule has 160 valence electrons. The number of hydrogen-bond donors (Lipinski definition) is 0. The van der Waals surface area contributed by atoms with E-state index in [-0.39, 0.29) is 34.9 Å². The predicted octanol–water partition coefficient (Wildman–Crippen LogP) is 4.36. The van der Waals surface area contributed by atoms with Crippen molar-refractivity contribution in [2.45, 2.75) is 6.92 Å². The summed E-state index contributed by atoms with van der Waals surface area (Å²) in [5, 5.41) is 10.9. The maximum absolute atomic E-state index is 12.9. The minimum absolute atomic E-state index is 0.132. The lowest BCUT2D eigenvalue weighted by Gasteiger charge is -2.14. The van der Waals surface area contributed by atoms with Crippen molar-refractivity contribution in [2.24, 2.45) is 0 Å². The minimum Gasteiger partial charge on any atom is -0.462 e. The van der Waals surface area contributed by atoms with Crippen LogP contribution >= 0.6 is 0 Å². The van der Waals surface area contributed by atoms with E-state index in [1.54, 1.807) is 13.0 Å². The van der Waals surface area contributed by atoms with Crippen molar-refractivity contribution in [1.82, 2.24) is 0 Å². The van der Waals surface area contributed by atoms with Gasteiger partial charge in [0, 0.05) is 6.07 Å². The van der Waals surface area contributed by atoms with E-state index in [1.807, 2.05) is 0 Å². The first-order chi connectivity index (χ1) is 15.4. The molecule has 0 aliphatic carbocycles. The Morgan fingerprint density at radius 2 is 1.62 bits per heavy atom. The van der Waals surface area contributed by atoms with Crippen molar-refractivity contribution in [2.75, 3.05) is 11.5 Å². The summed E-state index contributed by atoms with van der Waals surface area (Å²) in [5.41, 5.74) is 0.834. The van der Waals surface area contributed by atoms with Gasteiger partial charge < -0.3 is 9.47 Å². The molecule has 9 nitrogen and oxygen atoms in total. The Hall–Kier alpha value is -4.53. The van der Waals surface area contributed by atoms with Crippen LogP contribution in [0.15, 0.2) is 66.7 Å². The van der Waals surface area contributed by atoms with Crippen LogP contribution in [-0.2, 0) is 4.74 Å². The summed E-state index contributed by atoms with van der Waals surface area (Å²) >= 11 is 0. The highest BCUT2D eigenvalue weighted by Gasteiger charge is 2.37. The molecule has 0 N–H and O–H groups in total. The molecule has 2 amide bonds. The molecule has 3 aromatic rings. The third-order valence-electron chi connectivity index (χ3n) is 4.76. The number of benzene rings is 3. The van der Waals surface area contributed by atoms with Gasteiger partial charge in [0.25, 0.3) is 17.5 Å². The molecule has 1 aliphatic rings. The van der Waals surface area contributed by atoms with Gasteiger partial charge in [-0.25, -0.2) is 9.69 Å². The van der Waals surface area contributed by atoms with Crippen molar-refractivity contribution in [3.8, 4) is 11.5 Å². The summed E-state index contributed by atoms with van der Waals surface area (Å²) in [5.74, 6) is -1.06. The molecule has 0 atom stereocenters. The number of ether oxygens (including phenoxy) is 2. The highest BCUT2D eigenvalue weighted by atomic mass is 16.6. The fourth-order valence-corrected chi connectivity index (χ4v) is 3.28. The van der Waals surface area contributed by atoms with Crippen LogP contribution in [-0.4, -0.2) is 29.3 Å². The van der Waals surface area contributed by atoms with E-state index in [0.29, 0.717) is 11.3 Å². The molecule has 0 aromatic heterocycles. The summed E-state index contributed by atoms with van der Waals surface area (Å²) in [6.07, 6.45) is 0. The number of amides is 2. The fraction of sp³-hybridized carbons (Fsp3) is 0.0870. The lowest BCUT2D eigenvalue weighted by atomic mass is 10.1. The zero-order valence-electron chi connectivity index (χ0n) is 16.8. The molecule has 32 heavy (non-hydrogen) atoms. The number of rotatable bonds is 6. The van der Waals surface area contributed by atoms with E-state index in [9.17, 15) is 24.5 Å². The highest BCUT2D eigenvalue weighted by molar-refractivity contribution is 6.34. The molecule has 9 heteroatoms. The van der Waals surface area contributed by atoms with Crippen molar-refractivity contribution < 1.29 is 28.8 Å². The van der Waals surface area contributed by atoms with E-state index >= 15 is 0 Å². The maximum Gasteiger partial charge on any atom is 0.338 e. The number of hydrogen-bond acceptors (Lipinski definition) is 7. The second-order valence-electron chi connectivity index (χ2n) is 6.78. The largest absolute Gasteiger partial charge is 0.462 e. The first kappa shape index (κ1) is 20.7. The summed E-state index contributed by atoms with van der Waals surface area (Å²) in [4.78, 5) is 49.0. The van der Waals surface area contributed by atoms with Gasteiger partial charge >= 0.3 is 5.97 Å². The molecule has 4 rings (SSSR count). The minimum atomic E-state index is -0.543. The van der Waals surface area contributed by atoms with Gasteiger partial charge in [-0.3, -0.25) is 19.7 Å². The Kier molecular flexibility index (Phi) is 5.38. The Bertz CT molecular complexity index is 1250. The Labute approximate surface area is 181 Å². The molecule has 0 bridgehead atoms. The van der Waals surface area contributed by atoms with Crippen LogP contribution in [0.3, 0.4) is 0 Å². The van der Waals surface area contributed by atoms with Crippen molar-refractivity contribution in [3.05, 3.63) is 93.5 Å². The van der Waals surface area contributed by atoms with Gasteiger partial charge in [-0.2, -0.15) is 0 Å². The lowest BCUT2D eigenvalue weighted by molar-refractivity contribution is -0.384. The van der Waals surface area contributed by atoms with Crippen LogP contribution in [0.2, 0.25) is 0 Å². The lowest BCUT2D eigenvalue weighted by Crippen LogP contribution is -2.29. The SMILES string of the molecule is CCOC(=O)c1ccc(N2C(=O)c3ccc(Oc4cccc([N+](=O)[O-])c4)cc3C2=O)cc1. The van der Waals surface area contributed by atoms with Crippen molar-refractivity contribution >= 4 is 29.2 Å². The van der Waals surface area contributed by atoms with E-state index in [2.05, 4.69) is 0 Å². The molecule has 0 radical (unpaired) electrons. The Balaban J connectivity index is 1.58. The zero-order chi connectivity index (χ0) is 22.8. The van der Waals surface area contributed by atoms with Crippen LogP contribution in [0.25, 0.3) is 0 Å². The van der Waals surface area contributed by atoms with Gasteiger partial charge in [-0.15, -0.1) is 0 Å². The number of esters is 1. The number of nitrogens with zero attached hydrogens (tertiary/aromatic N) is 2. The molecule has 1 heterocycles. The molecule has 0 unspecified atom stereocenters. The molecule has 0 saturated carbocycles. The second kappa shape index (κ2) is 8.31. The number of fused-ring (bicyclic) bond motifs is 1. The summed E-state index contributed by atoms with van der Waals surface area (Å²) < 4.78 is 10.6. The predicted molar refractivity (Wildman–Crippen MR) is 113 cm³/mol. The molecule has 0 saturated heterocycles. The molecule has 0 spiro atoms. The van der Waals surface area contributed by atoms with Crippen molar-refractivity contribution in [3.63, 3.8) is 0 Å². The molecular weight excluding hydrogens is 416 g/mol. The van der Waals surface area contributed by atoms with E-state index in [4.69, 9.17) is 9.47 Å². The second-order valence-corrected chi connectivity index (χ2v) is 6.78. The topological polar surface area (TPSA) is 116 Å². The van der Waals surface area contributed by atoms with E-state index < -0.39 is 22.7 Å². The quantitative estimate of drug-likeness (QED) is 0.246. The molecule has 0 fully saturated rings. The fourth-order valence-electron chi connectivity index (χ4n) is 3.28. The zero-order valence-corrected chi connectivity index (χ0v) is 16.8. The van der Waals surface area contributed by atoms with Crippen LogP contribution in [0.1, 0.15) is 38.0 Å². The average Bonchev–Trinajstić information content (AvgIpc) is 3.04. The normalized spacial score (nSPS) is 12.5. The first-order valence-electron chi connectivity index (χ1n) is 9.61. The van der Waals surface area contributed by atoms with Gasteiger partial charge in [0.05, 0.1) is 40.0 Å². The standard InChI is InChI=1S/C23H16N2O7/c1-2-31-23(28)14-6-8-15(9-7-14)24-21(26)19-11-10-18(13-20(19)22(24)27)32-17-5-3-4-16(12-17)25(29)30/h3-13H,2H2,1H3. The van der Waals surface area contributed by atoms with Gasteiger partial charge in [-0.1, -0.05) is 6.07 Å². The Morgan fingerprint density at radius 1 is 0.938 bits per heavy atom. The van der Waals surface area contributed by atoms with Crippen LogP contribution in [0.5, 0.6) is 11.5 Å². The van der Waals surface area contributed by atoms with Crippen LogP contribution < -0.4 is 9.64 Å². The third kappa shape index (κ3) is 3.79. The average molecular weight is 432 g/mol. The number of imide groups is 1. The summed E-state index contributed by atoms with van der Waals surface area (Å²) in [7, 11) is 0. The number of non-ortho nitro benzene ring substituents is 1. The monoisotopic (exact) mass is 432 g/mol. The maximum atomic E-state index is 12.9. The van der Waals surface area contributed by atoms with Crippen LogP contribution in [0.4, 0.5) is 11.4 Å². The molecular formula is C23H16N2O7. The third-order valence-corrected chi connectivity index (χ3v) is 4.76. The van der Waals surface area contributed by atoms with Gasteiger partial charge in [0.2, 0.25) is 0 Å². The summed E-state index contributed by atoms with van der Waals surface area (Å²) in [6, 6.07) is 16.0. The Morgan fingerprint density at radius 3 is 2.31 bits per heavy atom. The van der Waals surface area contributed by atoms with Crippen molar-refractivity contribution in [1.29, 1.82) is 0 Å². The van der Waals surface area contributed by atoms with Crippen LogP contribution in [0, 0.1) is 10.1 Å². The molecule has 3 aromatic carbocycles. The van der Waals surface area contributed by atoms with E-state index in [1.165, 1.54) is 60.7 Å². The number of anilines is 1. The number of nitro groups is 1. The summed E-state index contributed by atoms with van der Waals surface area (Å²) in [6.45, 7) is 1.93.